The maximum Gasteiger partial charge on any atom is 0.176 e. The Morgan fingerprint density at radius 2 is 2.00 bits per heavy atom. The minimum Gasteiger partial charge on any atom is -0.293 e. The highest BCUT2D eigenvalue weighted by molar-refractivity contribution is 9.12. The quantitative estimate of drug-likeness (QED) is 0.676. The van der Waals surface area contributed by atoms with Crippen LogP contribution in [0.1, 0.15) is 34.1 Å². The Kier molecular flexibility index (Phi) is 2.48. The first-order chi connectivity index (χ1) is 5.39. The third-order valence-electron chi connectivity index (χ3n) is 3.00. The zero-order chi connectivity index (χ0) is 9.52. The van der Waals surface area contributed by atoms with Gasteiger partial charge in [0.05, 0.1) is 4.48 Å². The van der Waals surface area contributed by atoms with E-state index in [0.717, 1.165) is 10.9 Å². The second kappa shape index (κ2) is 2.99. The number of ketones is 1. The fourth-order valence-electron chi connectivity index (χ4n) is 1.62. The van der Waals surface area contributed by atoms with Gasteiger partial charge in [-0.05, 0) is 35.2 Å². The molecule has 1 aliphatic carbocycles. The van der Waals surface area contributed by atoms with Crippen LogP contribution in [0.15, 0.2) is 10.1 Å². The van der Waals surface area contributed by atoms with Crippen molar-refractivity contribution in [2.45, 2.75) is 34.1 Å². The maximum atomic E-state index is 11.8. The highest BCUT2D eigenvalue weighted by Gasteiger charge is 2.43. The topological polar surface area (TPSA) is 17.1 Å². The van der Waals surface area contributed by atoms with Crippen molar-refractivity contribution in [2.24, 2.45) is 11.3 Å². The van der Waals surface area contributed by atoms with Crippen LogP contribution in [0.3, 0.4) is 0 Å². The first-order valence-electron chi connectivity index (χ1n) is 4.29. The van der Waals surface area contributed by atoms with Crippen molar-refractivity contribution in [3.05, 3.63) is 10.1 Å². The SMILES string of the molecule is CC1=C(Br)C(=O)C(C)(C(C)C)C1. The second-order valence-corrected chi connectivity index (χ2v) is 4.97. The first kappa shape index (κ1) is 9.97. The average Bonchev–Trinajstić information content (AvgIpc) is 2.17. The molecule has 0 saturated heterocycles. The molecule has 1 atom stereocenters. The van der Waals surface area contributed by atoms with Gasteiger partial charge in [-0.25, -0.2) is 0 Å². The van der Waals surface area contributed by atoms with Gasteiger partial charge in [-0.15, -0.1) is 0 Å². The fraction of sp³-hybridized carbons (Fsp3) is 0.700. The van der Waals surface area contributed by atoms with E-state index in [-0.39, 0.29) is 11.2 Å². The van der Waals surface area contributed by atoms with Crippen molar-refractivity contribution >= 4 is 21.7 Å². The molecule has 0 aromatic rings. The highest BCUT2D eigenvalue weighted by atomic mass is 79.9. The third kappa shape index (κ3) is 1.26. The van der Waals surface area contributed by atoms with E-state index >= 15 is 0 Å². The Morgan fingerprint density at radius 1 is 1.50 bits per heavy atom. The van der Waals surface area contributed by atoms with Crippen LogP contribution >= 0.6 is 15.9 Å². The van der Waals surface area contributed by atoms with Gasteiger partial charge in [0, 0.05) is 5.41 Å². The third-order valence-corrected chi connectivity index (χ3v) is 4.04. The molecule has 1 rings (SSSR count). The van der Waals surface area contributed by atoms with E-state index in [2.05, 4.69) is 36.7 Å². The van der Waals surface area contributed by atoms with Crippen LogP contribution in [0.4, 0.5) is 0 Å². The van der Waals surface area contributed by atoms with E-state index in [0.29, 0.717) is 5.92 Å². The molecular formula is C10H15BrO. The van der Waals surface area contributed by atoms with Gasteiger partial charge in [0.15, 0.2) is 5.78 Å². The molecule has 0 saturated carbocycles. The standard InChI is InChI=1S/C10H15BrO/c1-6(2)10(4)5-7(3)8(11)9(10)12/h6H,5H2,1-4H3. The molecule has 1 unspecified atom stereocenters. The van der Waals surface area contributed by atoms with Crippen molar-refractivity contribution < 1.29 is 4.79 Å². The van der Waals surface area contributed by atoms with Crippen molar-refractivity contribution in [3.63, 3.8) is 0 Å². The van der Waals surface area contributed by atoms with Gasteiger partial charge < -0.3 is 0 Å². The van der Waals surface area contributed by atoms with E-state index in [4.69, 9.17) is 0 Å². The van der Waals surface area contributed by atoms with Crippen LogP contribution in [0.5, 0.6) is 0 Å². The first-order valence-corrected chi connectivity index (χ1v) is 5.09. The summed E-state index contributed by atoms with van der Waals surface area (Å²) in [6, 6.07) is 0. The number of halogens is 1. The fourth-order valence-corrected chi connectivity index (χ4v) is 2.21. The lowest BCUT2D eigenvalue weighted by Crippen LogP contribution is -2.29. The Bertz CT molecular complexity index is 253. The van der Waals surface area contributed by atoms with E-state index < -0.39 is 0 Å². The van der Waals surface area contributed by atoms with Crippen molar-refractivity contribution in [1.82, 2.24) is 0 Å². The van der Waals surface area contributed by atoms with Crippen molar-refractivity contribution in [2.75, 3.05) is 0 Å². The Labute approximate surface area is 82.4 Å². The molecule has 0 aromatic heterocycles. The lowest BCUT2D eigenvalue weighted by atomic mass is 9.76. The van der Waals surface area contributed by atoms with E-state index in [1.54, 1.807) is 0 Å². The normalized spacial score (nSPS) is 30.7. The predicted octanol–water partition coefficient (Wildman–Crippen LogP) is 3.29. The molecule has 1 nitrogen and oxygen atoms in total. The van der Waals surface area contributed by atoms with Crippen LogP contribution in [-0.2, 0) is 4.79 Å². The molecule has 0 N–H and O–H groups in total. The molecule has 0 spiro atoms. The van der Waals surface area contributed by atoms with Gasteiger partial charge in [-0.2, -0.15) is 0 Å². The van der Waals surface area contributed by atoms with Gasteiger partial charge in [-0.1, -0.05) is 26.3 Å². The summed E-state index contributed by atoms with van der Waals surface area (Å²) in [6.07, 6.45) is 0.907. The van der Waals surface area contributed by atoms with Gasteiger partial charge in [0.1, 0.15) is 0 Å². The van der Waals surface area contributed by atoms with Crippen molar-refractivity contribution in [3.8, 4) is 0 Å². The van der Waals surface area contributed by atoms with E-state index in [1.807, 2.05) is 6.92 Å². The Morgan fingerprint density at radius 3 is 2.17 bits per heavy atom. The molecule has 0 bridgehead atoms. The summed E-state index contributed by atoms with van der Waals surface area (Å²) in [4.78, 5) is 11.8. The number of Topliss-reactive ketones (excluding diaryl/α,β-unsaturated/α-hetero) is 1. The molecule has 0 radical (unpaired) electrons. The minimum absolute atomic E-state index is 0.164. The lowest BCUT2D eigenvalue weighted by molar-refractivity contribution is -0.124. The zero-order valence-corrected chi connectivity index (χ0v) is 9.66. The van der Waals surface area contributed by atoms with Crippen LogP contribution in [0, 0.1) is 11.3 Å². The molecule has 0 aromatic carbocycles. The molecule has 0 fully saturated rings. The van der Waals surface area contributed by atoms with Gasteiger partial charge >= 0.3 is 0 Å². The van der Waals surface area contributed by atoms with Gasteiger partial charge in [-0.3, -0.25) is 4.79 Å². The summed E-state index contributed by atoms with van der Waals surface area (Å²) < 4.78 is 0.804. The average molecular weight is 231 g/mol. The molecule has 1 aliphatic rings. The Hall–Kier alpha value is -0.110. The predicted molar refractivity (Wildman–Crippen MR) is 54.2 cm³/mol. The number of hydrogen-bond acceptors (Lipinski definition) is 1. The van der Waals surface area contributed by atoms with E-state index in [9.17, 15) is 4.79 Å². The number of allylic oxidation sites excluding steroid dienone is 2. The zero-order valence-electron chi connectivity index (χ0n) is 8.07. The molecule has 0 aliphatic heterocycles. The number of hydrogen-bond donors (Lipinski definition) is 0. The van der Waals surface area contributed by atoms with Crippen molar-refractivity contribution in [1.29, 1.82) is 0 Å². The number of carbonyl (C=O) groups excluding carboxylic acids is 1. The van der Waals surface area contributed by atoms with Crippen LogP contribution in [-0.4, -0.2) is 5.78 Å². The number of rotatable bonds is 1. The summed E-state index contributed by atoms with van der Waals surface area (Å²) in [6.45, 7) is 8.29. The van der Waals surface area contributed by atoms with Crippen LogP contribution in [0.25, 0.3) is 0 Å². The smallest absolute Gasteiger partial charge is 0.176 e. The molecule has 68 valence electrons. The summed E-state index contributed by atoms with van der Waals surface area (Å²) in [7, 11) is 0. The number of carbonyl (C=O) groups is 1. The Balaban J connectivity index is 2.99. The van der Waals surface area contributed by atoms with Crippen LogP contribution in [0.2, 0.25) is 0 Å². The summed E-state index contributed by atoms with van der Waals surface area (Å²) >= 11 is 3.34. The lowest BCUT2D eigenvalue weighted by Gasteiger charge is -2.27. The summed E-state index contributed by atoms with van der Waals surface area (Å²) in [5, 5.41) is 0. The van der Waals surface area contributed by atoms with Gasteiger partial charge in [0.25, 0.3) is 0 Å². The molecule has 0 heterocycles. The highest BCUT2D eigenvalue weighted by Crippen LogP contribution is 2.45. The summed E-state index contributed by atoms with van der Waals surface area (Å²) in [5.41, 5.74) is 1.03. The van der Waals surface area contributed by atoms with Gasteiger partial charge in [0.2, 0.25) is 0 Å². The van der Waals surface area contributed by atoms with E-state index in [1.165, 1.54) is 5.57 Å². The monoisotopic (exact) mass is 230 g/mol. The minimum atomic E-state index is -0.164. The molecule has 0 amide bonds. The summed E-state index contributed by atoms with van der Waals surface area (Å²) in [5.74, 6) is 0.685. The molecule has 2 heteroatoms. The second-order valence-electron chi connectivity index (χ2n) is 4.17. The molecule has 12 heavy (non-hydrogen) atoms. The van der Waals surface area contributed by atoms with Crippen LogP contribution < -0.4 is 0 Å². The largest absolute Gasteiger partial charge is 0.293 e. The molecular weight excluding hydrogens is 216 g/mol. The maximum absolute atomic E-state index is 11.8.